The number of aromatic nitrogens is 2. The Morgan fingerprint density at radius 1 is 0.974 bits per heavy atom. The van der Waals surface area contributed by atoms with Gasteiger partial charge in [-0.1, -0.05) is 17.7 Å². The summed E-state index contributed by atoms with van der Waals surface area (Å²) in [5.74, 6) is -1.91. The van der Waals surface area contributed by atoms with E-state index >= 15 is 4.39 Å². The van der Waals surface area contributed by atoms with Crippen molar-refractivity contribution in [3.05, 3.63) is 93.9 Å². The minimum Gasteiger partial charge on any atom is -0.378 e. The van der Waals surface area contributed by atoms with E-state index in [1.807, 2.05) is 4.90 Å². The summed E-state index contributed by atoms with van der Waals surface area (Å²) >= 11 is 5.69. The van der Waals surface area contributed by atoms with E-state index in [0.717, 1.165) is 12.1 Å². The molecule has 1 fully saturated rings. The van der Waals surface area contributed by atoms with Crippen molar-refractivity contribution < 1.29 is 31.9 Å². The summed E-state index contributed by atoms with van der Waals surface area (Å²) in [4.78, 5) is 36.9. The number of alkyl halides is 3. The first-order valence-corrected chi connectivity index (χ1v) is 12.1. The molecular weight excluding hydrogens is 540 g/mol. The fourth-order valence-corrected chi connectivity index (χ4v) is 4.42. The Kier molecular flexibility index (Phi) is 7.19. The van der Waals surface area contributed by atoms with E-state index in [0.29, 0.717) is 49.2 Å². The number of hydrogen-bond donors (Lipinski definition) is 1. The molecule has 0 bridgehead atoms. The minimum absolute atomic E-state index is 0.160. The number of rotatable bonds is 5. The van der Waals surface area contributed by atoms with Crippen LogP contribution in [0.3, 0.4) is 0 Å². The standard InChI is InChI=1S/C27H19ClF4N4O3/c28-19-12-16(4-6-18(19)27(30,31)32)26(38)35-21-3-1-2-17(24(21)29)25(37)15-5-7-20-22(13-15)34-23(14-33-20)36-8-10-39-11-9-36/h1-7,12-14H,8-11H2,(H,35,38). The van der Waals surface area contributed by atoms with Crippen LogP contribution in [0.4, 0.5) is 29.1 Å². The summed E-state index contributed by atoms with van der Waals surface area (Å²) in [6.07, 6.45) is -3.05. The third-order valence-corrected chi connectivity index (χ3v) is 6.47. The second-order valence-electron chi connectivity index (χ2n) is 8.67. The van der Waals surface area contributed by atoms with Crippen molar-refractivity contribution in [2.24, 2.45) is 0 Å². The number of nitrogens with one attached hydrogen (secondary N) is 1. The van der Waals surface area contributed by atoms with Gasteiger partial charge in [-0.15, -0.1) is 0 Å². The zero-order valence-corrected chi connectivity index (χ0v) is 20.8. The highest BCUT2D eigenvalue weighted by atomic mass is 35.5. The van der Waals surface area contributed by atoms with Gasteiger partial charge in [-0.2, -0.15) is 13.2 Å². The first kappa shape index (κ1) is 26.5. The molecule has 1 aliphatic rings. The van der Waals surface area contributed by atoms with Crippen LogP contribution in [0.1, 0.15) is 31.8 Å². The molecule has 1 aromatic heterocycles. The van der Waals surface area contributed by atoms with Gasteiger partial charge >= 0.3 is 6.18 Å². The van der Waals surface area contributed by atoms with Crippen molar-refractivity contribution in [1.29, 1.82) is 0 Å². The van der Waals surface area contributed by atoms with Gasteiger partial charge in [0.25, 0.3) is 5.91 Å². The van der Waals surface area contributed by atoms with E-state index in [1.54, 1.807) is 12.3 Å². The molecule has 7 nitrogen and oxygen atoms in total. The Hall–Kier alpha value is -4.09. The number of amides is 1. The number of hydrogen-bond acceptors (Lipinski definition) is 6. The number of nitrogens with zero attached hydrogens (tertiary/aromatic N) is 3. The van der Waals surface area contributed by atoms with Crippen molar-refractivity contribution in [2.45, 2.75) is 6.18 Å². The van der Waals surface area contributed by atoms with Crippen LogP contribution in [0.5, 0.6) is 0 Å². The van der Waals surface area contributed by atoms with E-state index in [-0.39, 0.29) is 22.4 Å². The summed E-state index contributed by atoms with van der Waals surface area (Å²) in [5.41, 5.74) is -0.779. The monoisotopic (exact) mass is 558 g/mol. The molecule has 3 aromatic carbocycles. The van der Waals surface area contributed by atoms with Crippen LogP contribution in [-0.2, 0) is 10.9 Å². The largest absolute Gasteiger partial charge is 0.417 e. The van der Waals surface area contributed by atoms with Gasteiger partial charge in [-0.25, -0.2) is 9.37 Å². The second kappa shape index (κ2) is 10.6. The molecule has 0 spiro atoms. The lowest BCUT2D eigenvalue weighted by Gasteiger charge is -2.27. The Bertz CT molecular complexity index is 1590. The van der Waals surface area contributed by atoms with E-state index in [9.17, 15) is 22.8 Å². The molecule has 39 heavy (non-hydrogen) atoms. The Morgan fingerprint density at radius 3 is 2.44 bits per heavy atom. The zero-order valence-electron chi connectivity index (χ0n) is 20.1. The third kappa shape index (κ3) is 5.55. The van der Waals surface area contributed by atoms with Crippen molar-refractivity contribution in [3.63, 3.8) is 0 Å². The van der Waals surface area contributed by atoms with Crippen LogP contribution in [0.25, 0.3) is 11.0 Å². The van der Waals surface area contributed by atoms with Gasteiger partial charge in [0.2, 0.25) is 0 Å². The van der Waals surface area contributed by atoms with Crippen LogP contribution in [0.2, 0.25) is 5.02 Å². The first-order valence-electron chi connectivity index (χ1n) is 11.7. The normalized spacial score (nSPS) is 13.9. The number of carbonyl (C=O) groups is 2. The number of carbonyl (C=O) groups excluding carboxylic acids is 2. The topological polar surface area (TPSA) is 84.4 Å². The van der Waals surface area contributed by atoms with E-state index in [2.05, 4.69) is 15.3 Å². The lowest BCUT2D eigenvalue weighted by atomic mass is 10.0. The van der Waals surface area contributed by atoms with Crippen LogP contribution in [0, 0.1) is 5.82 Å². The zero-order chi connectivity index (χ0) is 27.7. The Labute approximate surface area is 224 Å². The number of anilines is 2. The first-order chi connectivity index (χ1) is 18.6. The molecule has 1 aliphatic heterocycles. The highest BCUT2D eigenvalue weighted by Gasteiger charge is 2.33. The minimum atomic E-state index is -4.69. The summed E-state index contributed by atoms with van der Waals surface area (Å²) < 4.78 is 59.6. The summed E-state index contributed by atoms with van der Waals surface area (Å²) in [6, 6.07) is 10.9. The predicted molar refractivity (Wildman–Crippen MR) is 137 cm³/mol. The number of morpholine rings is 1. The average Bonchev–Trinajstić information content (AvgIpc) is 2.93. The van der Waals surface area contributed by atoms with E-state index in [1.165, 1.54) is 30.3 Å². The molecule has 4 aromatic rings. The maximum Gasteiger partial charge on any atom is 0.417 e. The highest BCUT2D eigenvalue weighted by Crippen LogP contribution is 2.35. The van der Waals surface area contributed by atoms with E-state index in [4.69, 9.17) is 16.3 Å². The molecule has 0 aliphatic carbocycles. The van der Waals surface area contributed by atoms with Gasteiger partial charge in [0.15, 0.2) is 11.6 Å². The molecule has 200 valence electrons. The maximum atomic E-state index is 15.3. The molecule has 0 saturated carbocycles. The van der Waals surface area contributed by atoms with Gasteiger partial charge in [0.05, 0.1) is 52.3 Å². The number of ketones is 1. The van der Waals surface area contributed by atoms with Crippen molar-refractivity contribution in [3.8, 4) is 0 Å². The van der Waals surface area contributed by atoms with Crippen LogP contribution in [0.15, 0.2) is 60.8 Å². The van der Waals surface area contributed by atoms with Crippen molar-refractivity contribution in [1.82, 2.24) is 9.97 Å². The van der Waals surface area contributed by atoms with Gasteiger partial charge in [-0.3, -0.25) is 14.6 Å². The molecule has 5 rings (SSSR count). The Morgan fingerprint density at radius 2 is 1.72 bits per heavy atom. The van der Waals surface area contributed by atoms with E-state index < -0.39 is 34.3 Å². The number of ether oxygens (including phenoxy) is 1. The fraction of sp³-hybridized carbons (Fsp3) is 0.185. The average molecular weight is 559 g/mol. The van der Waals surface area contributed by atoms with Crippen molar-refractivity contribution >= 4 is 45.8 Å². The molecule has 0 atom stereocenters. The molecule has 1 N–H and O–H groups in total. The number of fused-ring (bicyclic) bond motifs is 1. The summed E-state index contributed by atoms with van der Waals surface area (Å²) in [6.45, 7) is 2.44. The predicted octanol–water partition coefficient (Wildman–Crippen LogP) is 5.76. The number of benzene rings is 3. The quantitative estimate of drug-likeness (QED) is 0.248. The van der Waals surface area contributed by atoms with Crippen molar-refractivity contribution in [2.75, 3.05) is 36.5 Å². The third-order valence-electron chi connectivity index (χ3n) is 6.16. The summed E-state index contributed by atoms with van der Waals surface area (Å²) in [7, 11) is 0. The maximum absolute atomic E-state index is 15.3. The SMILES string of the molecule is O=C(Nc1cccc(C(=O)c2ccc3ncc(N4CCOCC4)nc3c2)c1F)c1ccc(C(F)(F)F)c(Cl)c1. The van der Waals surface area contributed by atoms with Gasteiger partial charge in [0.1, 0.15) is 5.82 Å². The van der Waals surface area contributed by atoms with Crippen LogP contribution < -0.4 is 10.2 Å². The highest BCUT2D eigenvalue weighted by molar-refractivity contribution is 6.32. The van der Waals surface area contributed by atoms with Crippen LogP contribution >= 0.6 is 11.6 Å². The lowest BCUT2D eigenvalue weighted by molar-refractivity contribution is -0.137. The molecule has 12 heteroatoms. The molecular formula is C27H19ClF4N4O3. The van der Waals surface area contributed by atoms with Gasteiger partial charge in [0, 0.05) is 24.2 Å². The number of halogens is 5. The summed E-state index contributed by atoms with van der Waals surface area (Å²) in [5, 5.41) is 1.62. The molecule has 0 unspecified atom stereocenters. The molecule has 1 saturated heterocycles. The van der Waals surface area contributed by atoms with Gasteiger partial charge in [-0.05, 0) is 48.5 Å². The second-order valence-corrected chi connectivity index (χ2v) is 9.08. The smallest absolute Gasteiger partial charge is 0.378 e. The molecule has 2 heterocycles. The van der Waals surface area contributed by atoms with Gasteiger partial charge < -0.3 is 15.0 Å². The molecule has 0 radical (unpaired) electrons. The van der Waals surface area contributed by atoms with Crippen LogP contribution in [-0.4, -0.2) is 48.0 Å². The molecule has 1 amide bonds. The Balaban J connectivity index is 1.39. The lowest BCUT2D eigenvalue weighted by Crippen LogP contribution is -2.36. The fourth-order valence-electron chi connectivity index (χ4n) is 4.13.